The fourth-order valence-electron chi connectivity index (χ4n) is 3.16. The molecule has 0 aromatic heterocycles. The van der Waals surface area contributed by atoms with Crippen molar-refractivity contribution < 1.29 is 9.84 Å². The Morgan fingerprint density at radius 3 is 1.95 bits per heavy atom. The van der Waals surface area contributed by atoms with Crippen molar-refractivity contribution in [1.29, 1.82) is 0 Å². The predicted molar refractivity (Wildman–Crippen MR) is 81.3 cm³/mol. The van der Waals surface area contributed by atoms with Crippen LogP contribution in [0, 0.1) is 16.7 Å². The van der Waals surface area contributed by atoms with Crippen molar-refractivity contribution in [3.63, 3.8) is 0 Å². The Morgan fingerprint density at radius 2 is 1.58 bits per heavy atom. The topological polar surface area (TPSA) is 29.5 Å². The van der Waals surface area contributed by atoms with Crippen LogP contribution in [0.4, 0.5) is 0 Å². The average Bonchev–Trinajstić information content (AvgIpc) is 2.26. The summed E-state index contributed by atoms with van der Waals surface area (Å²) >= 11 is 0. The molecule has 0 bridgehead atoms. The Morgan fingerprint density at radius 1 is 1.05 bits per heavy atom. The van der Waals surface area contributed by atoms with E-state index in [9.17, 15) is 5.11 Å². The highest BCUT2D eigenvalue weighted by molar-refractivity contribution is 4.89. The largest absolute Gasteiger partial charge is 0.396 e. The second kappa shape index (κ2) is 6.13. The highest BCUT2D eigenvalue weighted by atomic mass is 16.5. The lowest BCUT2D eigenvalue weighted by molar-refractivity contribution is -0.0421. The second-order valence-corrected chi connectivity index (χ2v) is 8.51. The summed E-state index contributed by atoms with van der Waals surface area (Å²) < 4.78 is 5.84. The van der Waals surface area contributed by atoms with E-state index >= 15 is 0 Å². The van der Waals surface area contributed by atoms with E-state index in [1.807, 2.05) is 0 Å². The number of ether oxygens (including phenoxy) is 1. The summed E-state index contributed by atoms with van der Waals surface area (Å²) in [6.07, 6.45) is 5.80. The zero-order valence-electron chi connectivity index (χ0n) is 13.9. The summed E-state index contributed by atoms with van der Waals surface area (Å²) in [6.45, 7) is 14.4. The predicted octanol–water partition coefficient (Wildman–Crippen LogP) is 4.41. The third kappa shape index (κ3) is 5.43. The van der Waals surface area contributed by atoms with E-state index in [1.165, 1.54) is 12.8 Å². The highest BCUT2D eigenvalue weighted by Gasteiger charge is 2.38. The average molecular weight is 270 g/mol. The molecule has 0 radical (unpaired) electrons. The molecule has 1 fully saturated rings. The fraction of sp³-hybridized carbons (Fsp3) is 1.00. The maximum absolute atomic E-state index is 9.80. The van der Waals surface area contributed by atoms with Gasteiger partial charge in [0.15, 0.2) is 0 Å². The zero-order valence-corrected chi connectivity index (χ0v) is 13.9. The quantitative estimate of drug-likeness (QED) is 0.820. The minimum Gasteiger partial charge on any atom is -0.396 e. The van der Waals surface area contributed by atoms with E-state index in [2.05, 4.69) is 41.5 Å². The molecule has 0 aliphatic heterocycles. The summed E-state index contributed by atoms with van der Waals surface area (Å²) in [5, 5.41) is 9.80. The summed E-state index contributed by atoms with van der Waals surface area (Å²) in [6, 6.07) is 0. The van der Waals surface area contributed by atoms with E-state index in [-0.39, 0.29) is 11.0 Å². The van der Waals surface area contributed by atoms with Gasteiger partial charge in [-0.05, 0) is 69.6 Å². The summed E-state index contributed by atoms with van der Waals surface area (Å²) in [5.74, 6) is 0.802. The maximum atomic E-state index is 9.80. The van der Waals surface area contributed by atoms with Crippen molar-refractivity contribution in [1.82, 2.24) is 0 Å². The molecule has 2 heteroatoms. The minimum absolute atomic E-state index is 0.0702. The van der Waals surface area contributed by atoms with Gasteiger partial charge in [0, 0.05) is 13.2 Å². The van der Waals surface area contributed by atoms with E-state index in [0.29, 0.717) is 12.0 Å². The van der Waals surface area contributed by atoms with Crippen LogP contribution in [0.15, 0.2) is 0 Å². The van der Waals surface area contributed by atoms with Crippen LogP contribution in [-0.4, -0.2) is 23.9 Å². The second-order valence-electron chi connectivity index (χ2n) is 8.51. The first-order valence-electron chi connectivity index (χ1n) is 7.83. The summed E-state index contributed by atoms with van der Waals surface area (Å²) in [7, 11) is 0. The molecule has 0 saturated heterocycles. The Bertz CT molecular complexity index is 256. The number of hydrogen-bond acceptors (Lipinski definition) is 2. The number of aliphatic hydroxyl groups is 1. The highest BCUT2D eigenvalue weighted by Crippen LogP contribution is 2.46. The minimum atomic E-state index is -0.0702. The maximum Gasteiger partial charge on any atom is 0.0598 e. The molecule has 1 saturated carbocycles. The van der Waals surface area contributed by atoms with E-state index in [1.54, 1.807) is 0 Å². The Kier molecular flexibility index (Phi) is 5.48. The zero-order chi connectivity index (χ0) is 14.7. The van der Waals surface area contributed by atoms with Gasteiger partial charge in [-0.15, -0.1) is 0 Å². The van der Waals surface area contributed by atoms with Crippen molar-refractivity contribution in [3.8, 4) is 0 Å². The van der Waals surface area contributed by atoms with Crippen LogP contribution in [0.5, 0.6) is 0 Å². The van der Waals surface area contributed by atoms with E-state index in [4.69, 9.17) is 4.74 Å². The third-order valence-electron chi connectivity index (χ3n) is 4.77. The first-order valence-corrected chi connectivity index (χ1v) is 7.83. The third-order valence-corrected chi connectivity index (χ3v) is 4.77. The van der Waals surface area contributed by atoms with Gasteiger partial charge < -0.3 is 9.84 Å². The van der Waals surface area contributed by atoms with Crippen LogP contribution in [0.25, 0.3) is 0 Å². The van der Waals surface area contributed by atoms with Gasteiger partial charge in [-0.25, -0.2) is 0 Å². The summed E-state index contributed by atoms with van der Waals surface area (Å²) in [5.41, 5.74) is 0.454. The Labute approximate surface area is 119 Å². The van der Waals surface area contributed by atoms with Crippen molar-refractivity contribution in [2.45, 2.75) is 79.2 Å². The molecular formula is C17H34O2. The molecular weight excluding hydrogens is 236 g/mol. The molecule has 0 amide bonds. The molecule has 0 aromatic carbocycles. The standard InChI is InChI=1S/C17H34O2/c1-15(2,3)14-7-9-17(13-18,10-8-14)11-12-19-16(4,5)6/h14,18H,7-13H2,1-6H3. The van der Waals surface area contributed by atoms with Crippen molar-refractivity contribution >= 4 is 0 Å². The summed E-state index contributed by atoms with van der Waals surface area (Å²) in [4.78, 5) is 0. The van der Waals surface area contributed by atoms with Gasteiger partial charge in [-0.1, -0.05) is 20.8 Å². The Balaban J connectivity index is 2.47. The lowest BCUT2D eigenvalue weighted by Crippen LogP contribution is -2.36. The van der Waals surface area contributed by atoms with Crippen molar-refractivity contribution in [3.05, 3.63) is 0 Å². The molecule has 2 nitrogen and oxygen atoms in total. The monoisotopic (exact) mass is 270 g/mol. The van der Waals surface area contributed by atoms with Gasteiger partial charge in [0.2, 0.25) is 0 Å². The smallest absolute Gasteiger partial charge is 0.0598 e. The van der Waals surface area contributed by atoms with Crippen LogP contribution in [-0.2, 0) is 4.74 Å². The van der Waals surface area contributed by atoms with Crippen LogP contribution >= 0.6 is 0 Å². The number of hydrogen-bond donors (Lipinski definition) is 1. The Hall–Kier alpha value is -0.0800. The van der Waals surface area contributed by atoms with Gasteiger partial charge in [0.1, 0.15) is 0 Å². The van der Waals surface area contributed by atoms with Crippen LogP contribution < -0.4 is 0 Å². The molecule has 0 atom stereocenters. The molecule has 0 aromatic rings. The molecule has 1 aliphatic carbocycles. The van der Waals surface area contributed by atoms with Gasteiger partial charge in [-0.3, -0.25) is 0 Å². The van der Waals surface area contributed by atoms with Gasteiger partial charge in [-0.2, -0.15) is 0 Å². The van der Waals surface area contributed by atoms with Gasteiger partial charge >= 0.3 is 0 Å². The number of rotatable bonds is 4. The van der Waals surface area contributed by atoms with Crippen molar-refractivity contribution in [2.24, 2.45) is 16.7 Å². The molecule has 1 aliphatic rings. The number of aliphatic hydroxyl groups excluding tert-OH is 1. The van der Waals surface area contributed by atoms with Gasteiger partial charge in [0.05, 0.1) is 5.60 Å². The molecule has 1 N–H and O–H groups in total. The van der Waals surface area contributed by atoms with Crippen molar-refractivity contribution in [2.75, 3.05) is 13.2 Å². The molecule has 1 rings (SSSR count). The molecule has 0 heterocycles. The fourth-order valence-corrected chi connectivity index (χ4v) is 3.16. The lowest BCUT2D eigenvalue weighted by Gasteiger charge is -2.43. The normalized spacial score (nSPS) is 29.5. The van der Waals surface area contributed by atoms with E-state index in [0.717, 1.165) is 31.8 Å². The SMILES string of the molecule is CC(C)(C)OCCC1(CO)CCC(C(C)(C)C)CC1. The van der Waals surface area contributed by atoms with Crippen LogP contribution in [0.3, 0.4) is 0 Å². The first kappa shape index (κ1) is 17.0. The van der Waals surface area contributed by atoms with Gasteiger partial charge in [0.25, 0.3) is 0 Å². The lowest BCUT2D eigenvalue weighted by atomic mass is 9.63. The molecule has 19 heavy (non-hydrogen) atoms. The van der Waals surface area contributed by atoms with Crippen LogP contribution in [0.2, 0.25) is 0 Å². The molecule has 0 spiro atoms. The van der Waals surface area contributed by atoms with E-state index < -0.39 is 0 Å². The first-order chi connectivity index (χ1) is 8.58. The molecule has 114 valence electrons. The molecule has 0 unspecified atom stereocenters. The van der Waals surface area contributed by atoms with Crippen LogP contribution in [0.1, 0.15) is 73.6 Å².